The van der Waals surface area contributed by atoms with Crippen molar-refractivity contribution in [1.29, 1.82) is 0 Å². The molecule has 10 heteroatoms. The molecule has 0 bridgehead atoms. The van der Waals surface area contributed by atoms with Gasteiger partial charge in [-0.15, -0.1) is 0 Å². The third-order valence-corrected chi connectivity index (χ3v) is 3.45. The minimum absolute atomic E-state index is 0.0353. The molecule has 0 fully saturated rings. The maximum Gasteiger partial charge on any atom is 0.433 e. The number of ether oxygens (including phenoxy) is 2. The second-order valence-corrected chi connectivity index (χ2v) is 5.24. The van der Waals surface area contributed by atoms with Crippen LogP contribution in [0.4, 0.5) is 24.7 Å². The van der Waals surface area contributed by atoms with Gasteiger partial charge in [0.2, 0.25) is 6.79 Å². The Kier molecular flexibility index (Phi) is 3.79. The van der Waals surface area contributed by atoms with Crippen LogP contribution in [0.1, 0.15) is 5.69 Å². The predicted molar refractivity (Wildman–Crippen MR) is 83.9 cm³/mol. The van der Waals surface area contributed by atoms with Crippen molar-refractivity contribution in [3.63, 3.8) is 0 Å². The summed E-state index contributed by atoms with van der Waals surface area (Å²) in [5.41, 5.74) is -0.463. The molecule has 4 rings (SSSR count). The second kappa shape index (κ2) is 6.14. The third kappa shape index (κ3) is 3.21. The molecule has 1 aliphatic rings. The molecule has 0 radical (unpaired) electrons. The molecule has 0 aliphatic carbocycles. The SMILES string of the molecule is FC(F)(F)c1cc(Nc2ccc3c(c2)OCO3)nc(-c2cnccn2)n1. The van der Waals surface area contributed by atoms with Gasteiger partial charge in [-0.2, -0.15) is 13.2 Å². The summed E-state index contributed by atoms with van der Waals surface area (Å²) in [5, 5.41) is 2.82. The molecule has 26 heavy (non-hydrogen) atoms. The quantitative estimate of drug-likeness (QED) is 0.765. The first-order chi connectivity index (χ1) is 12.5. The van der Waals surface area contributed by atoms with Crippen molar-refractivity contribution in [2.24, 2.45) is 0 Å². The van der Waals surface area contributed by atoms with E-state index in [1.807, 2.05) is 0 Å². The Morgan fingerprint density at radius 2 is 1.85 bits per heavy atom. The minimum Gasteiger partial charge on any atom is -0.454 e. The van der Waals surface area contributed by atoms with Gasteiger partial charge < -0.3 is 14.8 Å². The first kappa shape index (κ1) is 16.1. The Labute approximate surface area is 144 Å². The van der Waals surface area contributed by atoms with Crippen molar-refractivity contribution in [3.05, 3.63) is 48.5 Å². The average molecular weight is 361 g/mol. The van der Waals surface area contributed by atoms with E-state index in [2.05, 4.69) is 25.3 Å². The Balaban J connectivity index is 1.73. The maximum absolute atomic E-state index is 13.2. The fourth-order valence-electron chi connectivity index (χ4n) is 2.31. The highest BCUT2D eigenvalue weighted by atomic mass is 19.4. The highest BCUT2D eigenvalue weighted by molar-refractivity contribution is 5.63. The number of benzene rings is 1. The van der Waals surface area contributed by atoms with Crippen LogP contribution in [0, 0.1) is 0 Å². The van der Waals surface area contributed by atoms with Crippen LogP contribution in [0.15, 0.2) is 42.9 Å². The Morgan fingerprint density at radius 1 is 1.00 bits per heavy atom. The van der Waals surface area contributed by atoms with Gasteiger partial charge in [-0.3, -0.25) is 4.98 Å². The van der Waals surface area contributed by atoms with E-state index < -0.39 is 11.9 Å². The lowest BCUT2D eigenvalue weighted by atomic mass is 10.2. The zero-order valence-electron chi connectivity index (χ0n) is 13.0. The van der Waals surface area contributed by atoms with Gasteiger partial charge in [-0.1, -0.05) is 0 Å². The molecule has 1 aromatic carbocycles. The van der Waals surface area contributed by atoms with E-state index in [9.17, 15) is 13.2 Å². The smallest absolute Gasteiger partial charge is 0.433 e. The molecule has 0 saturated carbocycles. The van der Waals surface area contributed by atoms with Crippen LogP contribution in [0.3, 0.4) is 0 Å². The lowest BCUT2D eigenvalue weighted by Crippen LogP contribution is -2.11. The predicted octanol–water partition coefficient (Wildman–Crippen LogP) is 3.42. The van der Waals surface area contributed by atoms with Crippen molar-refractivity contribution in [2.45, 2.75) is 6.18 Å². The topological polar surface area (TPSA) is 82.0 Å². The van der Waals surface area contributed by atoms with E-state index in [4.69, 9.17) is 9.47 Å². The number of aromatic nitrogens is 4. The molecule has 1 N–H and O–H groups in total. The van der Waals surface area contributed by atoms with Gasteiger partial charge in [0, 0.05) is 30.2 Å². The number of nitrogens with zero attached hydrogens (tertiary/aromatic N) is 4. The number of rotatable bonds is 3. The maximum atomic E-state index is 13.2. The number of halogens is 3. The number of nitrogens with one attached hydrogen (secondary N) is 1. The third-order valence-electron chi connectivity index (χ3n) is 3.45. The van der Waals surface area contributed by atoms with Gasteiger partial charge in [0.15, 0.2) is 23.0 Å². The Bertz CT molecular complexity index is 950. The summed E-state index contributed by atoms with van der Waals surface area (Å²) in [6, 6.07) is 5.73. The molecule has 2 aromatic heterocycles. The lowest BCUT2D eigenvalue weighted by Gasteiger charge is -2.12. The highest BCUT2D eigenvalue weighted by Crippen LogP contribution is 2.36. The first-order valence-corrected chi connectivity index (χ1v) is 7.38. The molecule has 0 amide bonds. The first-order valence-electron chi connectivity index (χ1n) is 7.38. The molecule has 1 aliphatic heterocycles. The van der Waals surface area contributed by atoms with Gasteiger partial charge in [0.05, 0.1) is 6.20 Å². The fraction of sp³-hybridized carbons (Fsp3) is 0.125. The summed E-state index contributed by atoms with van der Waals surface area (Å²) in [7, 11) is 0. The monoisotopic (exact) mass is 361 g/mol. The molecule has 7 nitrogen and oxygen atoms in total. The summed E-state index contributed by atoms with van der Waals surface area (Å²) in [5.74, 6) is 0.840. The largest absolute Gasteiger partial charge is 0.454 e. The van der Waals surface area contributed by atoms with Gasteiger partial charge in [0.1, 0.15) is 11.5 Å². The molecule has 0 saturated heterocycles. The van der Waals surface area contributed by atoms with Crippen LogP contribution in [0.25, 0.3) is 11.5 Å². The molecule has 0 spiro atoms. The van der Waals surface area contributed by atoms with Crippen LogP contribution in [0.5, 0.6) is 11.5 Å². The number of hydrogen-bond donors (Lipinski definition) is 1. The van der Waals surface area contributed by atoms with Gasteiger partial charge in [-0.05, 0) is 12.1 Å². The molecule has 3 aromatic rings. The van der Waals surface area contributed by atoms with Crippen LogP contribution in [0.2, 0.25) is 0 Å². The van der Waals surface area contributed by atoms with E-state index in [1.165, 1.54) is 18.6 Å². The number of alkyl halides is 3. The zero-order valence-corrected chi connectivity index (χ0v) is 13.0. The second-order valence-electron chi connectivity index (χ2n) is 5.24. The van der Waals surface area contributed by atoms with Crippen molar-refractivity contribution >= 4 is 11.5 Å². The summed E-state index contributed by atoms with van der Waals surface area (Å²) in [4.78, 5) is 15.4. The Hall–Kier alpha value is -3.43. The van der Waals surface area contributed by atoms with Crippen molar-refractivity contribution in [3.8, 4) is 23.0 Å². The summed E-state index contributed by atoms with van der Waals surface area (Å²) < 4.78 is 50.0. The van der Waals surface area contributed by atoms with Crippen LogP contribution >= 0.6 is 0 Å². The standard InChI is InChI=1S/C16H10F3N5O2/c17-16(18,19)13-6-14(24-15(23-13)10-7-20-3-4-21-10)22-9-1-2-11-12(5-9)26-8-25-11/h1-7H,8H2,(H,22,23,24). The van der Waals surface area contributed by atoms with Crippen LogP contribution in [-0.2, 0) is 6.18 Å². The normalized spacial score (nSPS) is 12.9. The van der Waals surface area contributed by atoms with Crippen LogP contribution < -0.4 is 14.8 Å². The number of fused-ring (bicyclic) bond motifs is 1. The number of anilines is 2. The van der Waals surface area contributed by atoms with Crippen molar-refractivity contribution in [1.82, 2.24) is 19.9 Å². The van der Waals surface area contributed by atoms with Crippen LogP contribution in [-0.4, -0.2) is 26.7 Å². The van der Waals surface area contributed by atoms with Crippen molar-refractivity contribution < 1.29 is 22.6 Å². The molecule has 0 unspecified atom stereocenters. The van der Waals surface area contributed by atoms with E-state index in [1.54, 1.807) is 18.2 Å². The van der Waals surface area contributed by atoms with Gasteiger partial charge in [0.25, 0.3) is 0 Å². The van der Waals surface area contributed by atoms with E-state index >= 15 is 0 Å². The van der Waals surface area contributed by atoms with E-state index in [0.29, 0.717) is 17.2 Å². The fourth-order valence-corrected chi connectivity index (χ4v) is 2.31. The molecular formula is C16H10F3N5O2. The molecule has 3 heterocycles. The van der Waals surface area contributed by atoms with E-state index in [0.717, 1.165) is 6.07 Å². The summed E-state index contributed by atoms with van der Waals surface area (Å²) >= 11 is 0. The van der Waals surface area contributed by atoms with E-state index in [-0.39, 0.29) is 24.1 Å². The molecular weight excluding hydrogens is 351 g/mol. The zero-order chi connectivity index (χ0) is 18.1. The average Bonchev–Trinajstić information content (AvgIpc) is 3.09. The minimum atomic E-state index is -4.63. The Morgan fingerprint density at radius 3 is 2.62 bits per heavy atom. The summed E-state index contributed by atoms with van der Waals surface area (Å²) in [6.07, 6.45) is -0.585. The summed E-state index contributed by atoms with van der Waals surface area (Å²) in [6.45, 7) is 0.0986. The molecule has 132 valence electrons. The van der Waals surface area contributed by atoms with Crippen molar-refractivity contribution in [2.75, 3.05) is 12.1 Å². The lowest BCUT2D eigenvalue weighted by molar-refractivity contribution is -0.141. The highest BCUT2D eigenvalue weighted by Gasteiger charge is 2.34. The van der Waals surface area contributed by atoms with Gasteiger partial charge in [-0.25, -0.2) is 15.0 Å². The number of hydrogen-bond acceptors (Lipinski definition) is 7. The molecule has 0 atom stereocenters. The van der Waals surface area contributed by atoms with Gasteiger partial charge >= 0.3 is 6.18 Å².